The molecule has 1 aromatic carbocycles. The van der Waals surface area contributed by atoms with E-state index in [-0.39, 0.29) is 11.9 Å². The number of halogens is 2. The van der Waals surface area contributed by atoms with Crippen molar-refractivity contribution in [3.8, 4) is 0 Å². The van der Waals surface area contributed by atoms with E-state index in [4.69, 9.17) is 5.73 Å². The van der Waals surface area contributed by atoms with E-state index in [1.165, 1.54) is 12.1 Å². The summed E-state index contributed by atoms with van der Waals surface area (Å²) in [4.78, 5) is 10.5. The van der Waals surface area contributed by atoms with Gasteiger partial charge in [-0.3, -0.25) is 4.79 Å². The van der Waals surface area contributed by atoms with Crippen LogP contribution in [0.5, 0.6) is 0 Å². The summed E-state index contributed by atoms with van der Waals surface area (Å²) in [5.41, 5.74) is 5.45. The molecule has 3 N–H and O–H groups in total. The zero-order chi connectivity index (χ0) is 13.5. The second-order valence-corrected chi connectivity index (χ2v) is 4.27. The average Bonchev–Trinajstić information content (AvgIpc) is 2.27. The molecule has 18 heavy (non-hydrogen) atoms. The number of nitrogens with two attached hydrogens (primary N) is 1. The van der Waals surface area contributed by atoms with Crippen LogP contribution in [0.1, 0.15) is 37.8 Å². The Hall–Kier alpha value is -1.49. The molecule has 1 aromatic rings. The second kappa shape index (κ2) is 7.06. The molecule has 1 atom stereocenters. The highest BCUT2D eigenvalue weighted by atomic mass is 19.1. The Morgan fingerprint density at radius 2 is 2.11 bits per heavy atom. The van der Waals surface area contributed by atoms with Gasteiger partial charge in [-0.2, -0.15) is 0 Å². The summed E-state index contributed by atoms with van der Waals surface area (Å²) >= 11 is 0. The Kier molecular flexibility index (Phi) is 5.71. The first kappa shape index (κ1) is 14.6. The quantitative estimate of drug-likeness (QED) is 0.735. The topological polar surface area (TPSA) is 55.1 Å². The summed E-state index contributed by atoms with van der Waals surface area (Å²) in [6.07, 6.45) is 1.86. The molecule has 0 fully saturated rings. The Morgan fingerprint density at radius 1 is 1.39 bits per heavy atom. The van der Waals surface area contributed by atoms with Crippen LogP contribution in [0.4, 0.5) is 8.78 Å². The standard InChI is InChI=1S/C13H18F2N2O/c1-9(17-7-3-2-4-13(16)18)11-6-5-10(14)8-12(11)15/h5-6,8-9,17H,2-4,7H2,1H3,(H2,16,18). The molecule has 0 saturated carbocycles. The lowest BCUT2D eigenvalue weighted by Gasteiger charge is -2.14. The van der Waals surface area contributed by atoms with Crippen molar-refractivity contribution in [2.45, 2.75) is 32.2 Å². The summed E-state index contributed by atoms with van der Waals surface area (Å²) in [5.74, 6) is -1.44. The summed E-state index contributed by atoms with van der Waals surface area (Å²) in [6.45, 7) is 2.47. The number of carbonyl (C=O) groups excluding carboxylic acids is 1. The molecule has 0 aromatic heterocycles. The van der Waals surface area contributed by atoms with Crippen molar-refractivity contribution in [1.82, 2.24) is 5.32 Å². The van der Waals surface area contributed by atoms with Crippen LogP contribution in [0.25, 0.3) is 0 Å². The fourth-order valence-corrected chi connectivity index (χ4v) is 1.71. The highest BCUT2D eigenvalue weighted by Gasteiger charge is 2.10. The van der Waals surface area contributed by atoms with Gasteiger partial charge in [0, 0.05) is 24.1 Å². The van der Waals surface area contributed by atoms with Gasteiger partial charge in [0.25, 0.3) is 0 Å². The predicted molar refractivity (Wildman–Crippen MR) is 65.8 cm³/mol. The normalized spacial score (nSPS) is 12.4. The molecule has 0 saturated heterocycles. The van der Waals surface area contributed by atoms with Gasteiger partial charge in [-0.1, -0.05) is 6.07 Å². The fourth-order valence-electron chi connectivity index (χ4n) is 1.71. The third-order valence-corrected chi connectivity index (χ3v) is 2.73. The molecule has 0 bridgehead atoms. The highest BCUT2D eigenvalue weighted by Crippen LogP contribution is 2.17. The zero-order valence-corrected chi connectivity index (χ0v) is 10.4. The minimum atomic E-state index is -0.579. The molecule has 1 unspecified atom stereocenters. The maximum atomic E-state index is 13.4. The van der Waals surface area contributed by atoms with E-state index in [1.54, 1.807) is 0 Å². The van der Waals surface area contributed by atoms with E-state index in [1.807, 2.05) is 6.92 Å². The van der Waals surface area contributed by atoms with E-state index < -0.39 is 11.6 Å². The van der Waals surface area contributed by atoms with E-state index in [9.17, 15) is 13.6 Å². The number of nitrogens with one attached hydrogen (secondary N) is 1. The molecule has 1 amide bonds. The van der Waals surface area contributed by atoms with Crippen LogP contribution < -0.4 is 11.1 Å². The lowest BCUT2D eigenvalue weighted by atomic mass is 10.1. The Bertz CT molecular complexity index is 410. The summed E-state index contributed by atoms with van der Waals surface area (Å²) in [6, 6.07) is 3.36. The van der Waals surface area contributed by atoms with Crippen molar-refractivity contribution >= 4 is 5.91 Å². The first-order chi connectivity index (χ1) is 8.50. The van der Waals surface area contributed by atoms with Crippen LogP contribution in [0.3, 0.4) is 0 Å². The molecule has 0 spiro atoms. The Morgan fingerprint density at radius 3 is 2.72 bits per heavy atom. The van der Waals surface area contributed by atoms with Crippen molar-refractivity contribution < 1.29 is 13.6 Å². The number of hydrogen-bond donors (Lipinski definition) is 2. The maximum Gasteiger partial charge on any atom is 0.217 e. The van der Waals surface area contributed by atoms with Crippen LogP contribution in [-0.2, 0) is 4.79 Å². The van der Waals surface area contributed by atoms with Crippen LogP contribution >= 0.6 is 0 Å². The van der Waals surface area contributed by atoms with Gasteiger partial charge in [0.15, 0.2) is 0 Å². The minimum absolute atomic E-state index is 0.195. The highest BCUT2D eigenvalue weighted by molar-refractivity contribution is 5.73. The van der Waals surface area contributed by atoms with Crippen molar-refractivity contribution in [2.75, 3.05) is 6.54 Å². The molecule has 0 radical (unpaired) electrons. The van der Waals surface area contributed by atoms with Gasteiger partial charge < -0.3 is 11.1 Å². The Labute approximate surface area is 105 Å². The van der Waals surface area contributed by atoms with Crippen molar-refractivity contribution in [3.63, 3.8) is 0 Å². The fraction of sp³-hybridized carbons (Fsp3) is 0.462. The van der Waals surface area contributed by atoms with E-state index >= 15 is 0 Å². The molecule has 3 nitrogen and oxygen atoms in total. The predicted octanol–water partition coefficient (Wildman–Crippen LogP) is 2.27. The molecule has 0 aliphatic carbocycles. The van der Waals surface area contributed by atoms with Crippen molar-refractivity contribution in [2.24, 2.45) is 5.73 Å². The lowest BCUT2D eigenvalue weighted by Crippen LogP contribution is -2.21. The summed E-state index contributed by atoms with van der Waals surface area (Å²) in [5, 5.41) is 3.12. The van der Waals surface area contributed by atoms with Gasteiger partial charge in [0.1, 0.15) is 11.6 Å². The van der Waals surface area contributed by atoms with Crippen LogP contribution in [-0.4, -0.2) is 12.5 Å². The number of primary amides is 1. The third-order valence-electron chi connectivity index (χ3n) is 2.73. The van der Waals surface area contributed by atoms with Crippen LogP contribution in [0.2, 0.25) is 0 Å². The van der Waals surface area contributed by atoms with E-state index in [0.717, 1.165) is 12.5 Å². The number of carbonyl (C=O) groups is 1. The number of unbranched alkanes of at least 4 members (excludes halogenated alkanes) is 1. The van der Waals surface area contributed by atoms with Crippen molar-refractivity contribution in [1.29, 1.82) is 0 Å². The number of benzene rings is 1. The van der Waals surface area contributed by atoms with Gasteiger partial charge in [-0.25, -0.2) is 8.78 Å². The third kappa shape index (κ3) is 4.79. The molecule has 0 heterocycles. The molecule has 0 aliphatic heterocycles. The molecule has 5 heteroatoms. The van der Waals surface area contributed by atoms with E-state index in [0.29, 0.717) is 24.9 Å². The van der Waals surface area contributed by atoms with Gasteiger partial charge in [-0.15, -0.1) is 0 Å². The molecule has 0 aliphatic rings. The molecule has 1 rings (SSSR count). The number of rotatable bonds is 7. The average molecular weight is 256 g/mol. The Balaban J connectivity index is 2.36. The molecular weight excluding hydrogens is 238 g/mol. The van der Waals surface area contributed by atoms with E-state index in [2.05, 4.69) is 5.32 Å². The van der Waals surface area contributed by atoms with Gasteiger partial charge in [0.05, 0.1) is 0 Å². The summed E-state index contributed by atoms with van der Waals surface area (Å²) in [7, 11) is 0. The smallest absolute Gasteiger partial charge is 0.217 e. The molecular formula is C13H18F2N2O. The number of hydrogen-bond acceptors (Lipinski definition) is 2. The largest absolute Gasteiger partial charge is 0.370 e. The van der Waals surface area contributed by atoms with Crippen molar-refractivity contribution in [3.05, 3.63) is 35.4 Å². The summed E-state index contributed by atoms with van der Waals surface area (Å²) < 4.78 is 26.2. The van der Waals surface area contributed by atoms with Crippen LogP contribution in [0, 0.1) is 11.6 Å². The van der Waals surface area contributed by atoms with Crippen LogP contribution in [0.15, 0.2) is 18.2 Å². The monoisotopic (exact) mass is 256 g/mol. The zero-order valence-electron chi connectivity index (χ0n) is 10.4. The van der Waals surface area contributed by atoms with Gasteiger partial charge in [-0.05, 0) is 32.4 Å². The SMILES string of the molecule is CC(NCCCCC(N)=O)c1ccc(F)cc1F. The minimum Gasteiger partial charge on any atom is -0.370 e. The first-order valence-corrected chi connectivity index (χ1v) is 5.97. The maximum absolute atomic E-state index is 13.4. The van der Waals surface area contributed by atoms with Gasteiger partial charge >= 0.3 is 0 Å². The first-order valence-electron chi connectivity index (χ1n) is 5.97. The lowest BCUT2D eigenvalue weighted by molar-refractivity contribution is -0.118. The van der Waals surface area contributed by atoms with Gasteiger partial charge in [0.2, 0.25) is 5.91 Å². The second-order valence-electron chi connectivity index (χ2n) is 4.27. The molecule has 100 valence electrons. The number of amides is 1.